The molecule has 1 aromatic heterocycles. The molecular weight excluding hydrogens is 236 g/mol. The minimum atomic E-state index is -0.0857. The maximum atomic E-state index is 6.27. The van der Waals surface area contributed by atoms with Crippen LogP contribution in [0.1, 0.15) is 26.3 Å². The van der Waals surface area contributed by atoms with E-state index in [1.165, 1.54) is 0 Å². The minimum absolute atomic E-state index is 0.0857. The van der Waals surface area contributed by atoms with Crippen LogP contribution < -0.4 is 4.74 Å². The van der Waals surface area contributed by atoms with Gasteiger partial charge in [-0.2, -0.15) is 0 Å². The molecule has 0 aliphatic carbocycles. The summed E-state index contributed by atoms with van der Waals surface area (Å²) in [6.07, 6.45) is 1.61. The first-order valence-corrected chi connectivity index (χ1v) is 5.81. The number of nitrogens with zero attached hydrogens (tertiary/aromatic N) is 2. The standard InChI is InChI=1S/C13H15ClN2O/c1-13(2,3)11-8(14)5-6-9-12(11)16-10(17-4)7-15-9/h5-7H,1-4H3. The Morgan fingerprint density at radius 2 is 1.94 bits per heavy atom. The van der Waals surface area contributed by atoms with Gasteiger partial charge in [-0.15, -0.1) is 0 Å². The van der Waals surface area contributed by atoms with Crippen molar-refractivity contribution < 1.29 is 4.74 Å². The highest BCUT2D eigenvalue weighted by Gasteiger charge is 2.22. The first-order valence-electron chi connectivity index (χ1n) is 5.43. The van der Waals surface area contributed by atoms with E-state index in [-0.39, 0.29) is 5.41 Å². The Labute approximate surface area is 106 Å². The number of rotatable bonds is 1. The molecule has 1 aromatic carbocycles. The lowest BCUT2D eigenvalue weighted by atomic mass is 9.86. The van der Waals surface area contributed by atoms with Crippen molar-refractivity contribution in [1.29, 1.82) is 0 Å². The number of fused-ring (bicyclic) bond motifs is 1. The summed E-state index contributed by atoms with van der Waals surface area (Å²) in [6, 6.07) is 3.74. The second-order valence-electron chi connectivity index (χ2n) is 4.95. The molecule has 0 bridgehead atoms. The Hall–Kier alpha value is -1.35. The van der Waals surface area contributed by atoms with Crippen LogP contribution in [0, 0.1) is 0 Å². The Balaban J connectivity index is 2.83. The highest BCUT2D eigenvalue weighted by molar-refractivity contribution is 6.32. The molecule has 0 fully saturated rings. The molecule has 1 heterocycles. The SMILES string of the molecule is COc1cnc2ccc(Cl)c(C(C)(C)C)c2n1. The maximum absolute atomic E-state index is 6.27. The molecule has 0 saturated heterocycles. The van der Waals surface area contributed by atoms with Gasteiger partial charge in [0.2, 0.25) is 5.88 Å². The zero-order valence-corrected chi connectivity index (χ0v) is 11.2. The third kappa shape index (κ3) is 2.20. The van der Waals surface area contributed by atoms with Gasteiger partial charge in [0.25, 0.3) is 0 Å². The lowest BCUT2D eigenvalue weighted by Gasteiger charge is -2.22. The van der Waals surface area contributed by atoms with E-state index in [0.717, 1.165) is 16.6 Å². The van der Waals surface area contributed by atoms with Crippen molar-refractivity contribution in [2.75, 3.05) is 7.11 Å². The molecule has 4 heteroatoms. The third-order valence-electron chi connectivity index (χ3n) is 2.60. The van der Waals surface area contributed by atoms with Gasteiger partial charge in [0, 0.05) is 10.6 Å². The van der Waals surface area contributed by atoms with Crippen molar-refractivity contribution in [2.24, 2.45) is 0 Å². The van der Waals surface area contributed by atoms with Gasteiger partial charge in [-0.1, -0.05) is 32.4 Å². The van der Waals surface area contributed by atoms with Crippen LogP contribution in [-0.4, -0.2) is 17.1 Å². The summed E-state index contributed by atoms with van der Waals surface area (Å²) in [7, 11) is 1.58. The van der Waals surface area contributed by atoms with E-state index < -0.39 is 0 Å². The molecule has 0 atom stereocenters. The summed E-state index contributed by atoms with van der Waals surface area (Å²) in [5.74, 6) is 0.505. The van der Waals surface area contributed by atoms with Crippen LogP contribution in [0.25, 0.3) is 11.0 Å². The molecule has 0 amide bonds. The average molecular weight is 251 g/mol. The average Bonchev–Trinajstić information content (AvgIpc) is 2.26. The van der Waals surface area contributed by atoms with Crippen LogP contribution in [0.3, 0.4) is 0 Å². The van der Waals surface area contributed by atoms with Crippen LogP contribution in [0.5, 0.6) is 5.88 Å². The molecule has 90 valence electrons. The second-order valence-corrected chi connectivity index (χ2v) is 5.36. The van der Waals surface area contributed by atoms with Gasteiger partial charge in [-0.05, 0) is 17.5 Å². The smallest absolute Gasteiger partial charge is 0.232 e. The van der Waals surface area contributed by atoms with Gasteiger partial charge in [0.15, 0.2) is 0 Å². The Morgan fingerprint density at radius 1 is 1.24 bits per heavy atom. The lowest BCUT2D eigenvalue weighted by Crippen LogP contribution is -2.13. The minimum Gasteiger partial charge on any atom is -0.480 e. The number of ether oxygens (including phenoxy) is 1. The molecule has 0 saturated carbocycles. The van der Waals surface area contributed by atoms with E-state index >= 15 is 0 Å². The zero-order chi connectivity index (χ0) is 12.6. The van der Waals surface area contributed by atoms with Crippen molar-refractivity contribution in [3.05, 3.63) is 28.9 Å². The van der Waals surface area contributed by atoms with Gasteiger partial charge in [0.05, 0.1) is 24.3 Å². The van der Waals surface area contributed by atoms with Crippen LogP contribution in [0.15, 0.2) is 18.3 Å². The molecule has 0 N–H and O–H groups in total. The van der Waals surface area contributed by atoms with E-state index in [2.05, 4.69) is 30.7 Å². The Bertz CT molecular complexity index is 561. The molecule has 2 aromatic rings. The van der Waals surface area contributed by atoms with Crippen LogP contribution in [-0.2, 0) is 5.41 Å². The summed E-state index contributed by atoms with van der Waals surface area (Å²) < 4.78 is 5.11. The lowest BCUT2D eigenvalue weighted by molar-refractivity contribution is 0.397. The van der Waals surface area contributed by atoms with Crippen molar-refractivity contribution >= 4 is 22.6 Å². The van der Waals surface area contributed by atoms with Gasteiger partial charge in [-0.3, -0.25) is 0 Å². The number of aromatic nitrogens is 2. The fourth-order valence-electron chi connectivity index (χ4n) is 1.85. The van der Waals surface area contributed by atoms with Crippen molar-refractivity contribution in [3.63, 3.8) is 0 Å². The van der Waals surface area contributed by atoms with Gasteiger partial charge in [0.1, 0.15) is 0 Å². The number of methoxy groups -OCH3 is 1. The fourth-order valence-corrected chi connectivity index (χ4v) is 2.28. The van der Waals surface area contributed by atoms with Crippen molar-refractivity contribution in [1.82, 2.24) is 9.97 Å². The summed E-state index contributed by atoms with van der Waals surface area (Å²) in [5.41, 5.74) is 2.56. The summed E-state index contributed by atoms with van der Waals surface area (Å²) >= 11 is 6.27. The summed E-state index contributed by atoms with van der Waals surface area (Å²) in [4.78, 5) is 8.77. The van der Waals surface area contributed by atoms with Crippen LogP contribution in [0.4, 0.5) is 0 Å². The van der Waals surface area contributed by atoms with E-state index in [9.17, 15) is 0 Å². The van der Waals surface area contributed by atoms with E-state index in [1.54, 1.807) is 13.3 Å². The molecule has 3 nitrogen and oxygen atoms in total. The summed E-state index contributed by atoms with van der Waals surface area (Å²) in [5, 5.41) is 0.715. The monoisotopic (exact) mass is 250 g/mol. The molecule has 0 aliphatic rings. The number of hydrogen-bond donors (Lipinski definition) is 0. The third-order valence-corrected chi connectivity index (χ3v) is 2.92. The van der Waals surface area contributed by atoms with Gasteiger partial charge >= 0.3 is 0 Å². The molecule has 0 radical (unpaired) electrons. The zero-order valence-electron chi connectivity index (χ0n) is 10.4. The van der Waals surface area contributed by atoms with Gasteiger partial charge in [-0.25, -0.2) is 9.97 Å². The quantitative estimate of drug-likeness (QED) is 0.776. The van der Waals surface area contributed by atoms with E-state index in [4.69, 9.17) is 16.3 Å². The topological polar surface area (TPSA) is 35.0 Å². The molecule has 2 rings (SSSR count). The molecule has 17 heavy (non-hydrogen) atoms. The fraction of sp³-hybridized carbons (Fsp3) is 0.385. The van der Waals surface area contributed by atoms with Crippen molar-refractivity contribution in [3.8, 4) is 5.88 Å². The predicted octanol–water partition coefficient (Wildman–Crippen LogP) is 3.59. The molecule has 0 aliphatic heterocycles. The first-order chi connectivity index (χ1) is 7.93. The largest absolute Gasteiger partial charge is 0.480 e. The normalized spacial score (nSPS) is 11.8. The molecule has 0 unspecified atom stereocenters. The van der Waals surface area contributed by atoms with Gasteiger partial charge < -0.3 is 4.74 Å². The summed E-state index contributed by atoms with van der Waals surface area (Å²) in [6.45, 7) is 6.32. The van der Waals surface area contributed by atoms with Crippen LogP contribution >= 0.6 is 11.6 Å². The van der Waals surface area contributed by atoms with E-state index in [1.807, 2.05) is 12.1 Å². The number of benzene rings is 1. The predicted molar refractivity (Wildman–Crippen MR) is 69.8 cm³/mol. The molecular formula is C13H15ClN2O. The van der Waals surface area contributed by atoms with Crippen LogP contribution in [0.2, 0.25) is 5.02 Å². The number of halogens is 1. The van der Waals surface area contributed by atoms with Crippen molar-refractivity contribution in [2.45, 2.75) is 26.2 Å². The molecule has 0 spiro atoms. The number of hydrogen-bond acceptors (Lipinski definition) is 3. The first kappa shape index (κ1) is 12.1. The Morgan fingerprint density at radius 3 is 2.53 bits per heavy atom. The maximum Gasteiger partial charge on any atom is 0.232 e. The Kier molecular flexibility index (Phi) is 2.96. The van der Waals surface area contributed by atoms with E-state index in [0.29, 0.717) is 10.9 Å². The highest BCUT2D eigenvalue weighted by atomic mass is 35.5. The highest BCUT2D eigenvalue weighted by Crippen LogP contribution is 2.34. The second kappa shape index (κ2) is 4.15.